The highest BCUT2D eigenvalue weighted by molar-refractivity contribution is 6.99. The van der Waals surface area contributed by atoms with Crippen LogP contribution in [0.4, 0.5) is 0 Å². The Kier molecular flexibility index (Phi) is 6.30. The van der Waals surface area contributed by atoms with Gasteiger partial charge in [-0.1, -0.05) is 101 Å². The fourth-order valence-corrected chi connectivity index (χ4v) is 9.42. The number of allylic oxidation sites excluding steroid dienone is 1. The molecule has 2 nitrogen and oxygen atoms in total. The van der Waals surface area contributed by atoms with Crippen LogP contribution in [0.25, 0.3) is 0 Å². The summed E-state index contributed by atoms with van der Waals surface area (Å²) < 4.78 is 7.26. The van der Waals surface area contributed by atoms with Crippen LogP contribution >= 0.6 is 0 Å². The maximum atomic E-state index is 12.8. The van der Waals surface area contributed by atoms with Gasteiger partial charge in [0.1, 0.15) is 5.78 Å². The molecule has 0 heterocycles. The first-order chi connectivity index (χ1) is 13.7. The number of hydrogen-bond donors (Lipinski definition) is 0. The zero-order chi connectivity index (χ0) is 21.2. The second-order valence-electron chi connectivity index (χ2n) is 9.56. The van der Waals surface area contributed by atoms with E-state index in [4.69, 9.17) is 4.43 Å². The van der Waals surface area contributed by atoms with E-state index in [9.17, 15) is 4.79 Å². The summed E-state index contributed by atoms with van der Waals surface area (Å²) in [6.07, 6.45) is 1.37. The van der Waals surface area contributed by atoms with Crippen molar-refractivity contribution in [2.24, 2.45) is 11.8 Å². The monoisotopic (exact) mass is 406 g/mol. The van der Waals surface area contributed by atoms with Gasteiger partial charge in [-0.2, -0.15) is 0 Å². The second-order valence-corrected chi connectivity index (χ2v) is 13.8. The van der Waals surface area contributed by atoms with Crippen LogP contribution in [0.3, 0.4) is 0 Å². The molecule has 0 aromatic heterocycles. The van der Waals surface area contributed by atoms with Gasteiger partial charge in [0.15, 0.2) is 0 Å². The van der Waals surface area contributed by atoms with Gasteiger partial charge in [-0.15, -0.1) is 0 Å². The van der Waals surface area contributed by atoms with Crippen molar-refractivity contribution >= 4 is 24.5 Å². The predicted octanol–water partition coefficient (Wildman–Crippen LogP) is 5.12. The summed E-state index contributed by atoms with van der Waals surface area (Å²) in [5, 5.41) is 2.43. The van der Waals surface area contributed by atoms with Crippen LogP contribution in [0.5, 0.6) is 0 Å². The fraction of sp³-hybridized carbons (Fsp3) is 0.423. The summed E-state index contributed by atoms with van der Waals surface area (Å²) in [5.41, 5.74) is 1.08. The predicted molar refractivity (Wildman–Crippen MR) is 124 cm³/mol. The van der Waals surface area contributed by atoms with Crippen LogP contribution in [-0.4, -0.2) is 20.2 Å². The first kappa shape index (κ1) is 21.7. The molecule has 29 heavy (non-hydrogen) atoms. The molecule has 0 N–H and O–H groups in total. The quantitative estimate of drug-likeness (QED) is 0.509. The fourth-order valence-electron chi connectivity index (χ4n) is 4.65. The summed E-state index contributed by atoms with van der Waals surface area (Å²) in [4.78, 5) is 12.8. The highest BCUT2D eigenvalue weighted by Crippen LogP contribution is 2.41. The smallest absolute Gasteiger partial charge is 0.261 e. The van der Waals surface area contributed by atoms with Crippen LogP contribution in [0.15, 0.2) is 72.8 Å². The van der Waals surface area contributed by atoms with Crippen molar-refractivity contribution in [2.45, 2.75) is 58.6 Å². The van der Waals surface area contributed by atoms with Crippen molar-refractivity contribution < 1.29 is 9.22 Å². The van der Waals surface area contributed by atoms with Crippen LogP contribution < -0.4 is 10.4 Å². The van der Waals surface area contributed by atoms with Gasteiger partial charge in [0.2, 0.25) is 0 Å². The van der Waals surface area contributed by atoms with Gasteiger partial charge in [-0.05, 0) is 34.7 Å². The van der Waals surface area contributed by atoms with Crippen molar-refractivity contribution in [1.82, 2.24) is 0 Å². The number of rotatable bonds is 5. The van der Waals surface area contributed by atoms with Crippen LogP contribution in [0.1, 0.15) is 47.5 Å². The van der Waals surface area contributed by atoms with Crippen molar-refractivity contribution in [1.29, 1.82) is 0 Å². The van der Waals surface area contributed by atoms with Gasteiger partial charge in [0, 0.05) is 12.3 Å². The van der Waals surface area contributed by atoms with E-state index in [1.165, 1.54) is 10.4 Å². The maximum Gasteiger partial charge on any atom is 0.261 e. The zero-order valence-electron chi connectivity index (χ0n) is 18.4. The Balaban J connectivity index is 2.15. The summed E-state index contributed by atoms with van der Waals surface area (Å²) in [5.74, 6) is 0.418. The highest BCUT2D eigenvalue weighted by atomic mass is 28.4. The minimum atomic E-state index is -2.65. The molecule has 1 saturated carbocycles. The van der Waals surface area contributed by atoms with E-state index in [1.807, 2.05) is 13.8 Å². The molecule has 0 unspecified atom stereocenters. The van der Waals surface area contributed by atoms with E-state index >= 15 is 0 Å². The standard InChI is InChI=1S/C26H34O2Si/c1-19(2)21-17-24(27)20(3)25(18-21)28-29(26(4,5)6,22-13-9-7-10-14-22)23-15-11-8-12-16-23/h7-16,20-21,25H,1,17-18H2,2-6H3/t20-,21-,25+/m1/s1. The van der Waals surface area contributed by atoms with Crippen molar-refractivity contribution in [2.75, 3.05) is 0 Å². The third-order valence-electron chi connectivity index (χ3n) is 6.47. The largest absolute Gasteiger partial charge is 0.404 e. The Labute approximate surface area is 177 Å². The first-order valence-corrected chi connectivity index (χ1v) is 12.5. The van der Waals surface area contributed by atoms with Gasteiger partial charge >= 0.3 is 0 Å². The molecular weight excluding hydrogens is 372 g/mol. The normalized spacial score (nSPS) is 23.1. The molecule has 3 atom stereocenters. The Bertz CT molecular complexity index is 812. The molecule has 0 aliphatic heterocycles. The lowest BCUT2D eigenvalue weighted by Crippen LogP contribution is -2.68. The van der Waals surface area contributed by atoms with E-state index in [2.05, 4.69) is 88.0 Å². The van der Waals surface area contributed by atoms with Gasteiger partial charge in [-0.3, -0.25) is 4.79 Å². The summed E-state index contributed by atoms with van der Waals surface area (Å²) in [6, 6.07) is 21.3. The molecule has 154 valence electrons. The molecule has 0 radical (unpaired) electrons. The lowest BCUT2D eigenvalue weighted by molar-refractivity contribution is -0.129. The number of hydrogen-bond acceptors (Lipinski definition) is 2. The van der Waals surface area contributed by atoms with E-state index in [0.29, 0.717) is 12.2 Å². The maximum absolute atomic E-state index is 12.8. The van der Waals surface area contributed by atoms with E-state index in [0.717, 1.165) is 12.0 Å². The minimum Gasteiger partial charge on any atom is -0.404 e. The van der Waals surface area contributed by atoms with Crippen LogP contribution in [-0.2, 0) is 9.22 Å². The molecule has 2 aromatic rings. The molecule has 0 spiro atoms. The van der Waals surface area contributed by atoms with Gasteiger partial charge in [-0.25, -0.2) is 0 Å². The van der Waals surface area contributed by atoms with Gasteiger partial charge in [0.05, 0.1) is 6.10 Å². The topological polar surface area (TPSA) is 26.3 Å². The Morgan fingerprint density at radius 2 is 1.48 bits per heavy atom. The molecule has 1 fully saturated rings. The third kappa shape index (κ3) is 4.17. The minimum absolute atomic E-state index is 0.0886. The molecule has 0 amide bonds. The Hall–Kier alpha value is -1.97. The molecular formula is C26H34O2Si. The summed E-state index contributed by atoms with van der Waals surface area (Å²) >= 11 is 0. The zero-order valence-corrected chi connectivity index (χ0v) is 19.4. The lowest BCUT2D eigenvalue weighted by Gasteiger charge is -2.47. The lowest BCUT2D eigenvalue weighted by atomic mass is 9.77. The van der Waals surface area contributed by atoms with Gasteiger partial charge in [0.25, 0.3) is 8.32 Å². The van der Waals surface area contributed by atoms with Crippen molar-refractivity contribution in [3.63, 3.8) is 0 Å². The van der Waals surface area contributed by atoms with Crippen LogP contribution in [0, 0.1) is 11.8 Å². The van der Waals surface area contributed by atoms with E-state index in [-0.39, 0.29) is 23.0 Å². The van der Waals surface area contributed by atoms with Crippen molar-refractivity contribution in [3.8, 4) is 0 Å². The Morgan fingerprint density at radius 3 is 1.90 bits per heavy atom. The summed E-state index contributed by atoms with van der Waals surface area (Å²) in [7, 11) is -2.65. The molecule has 1 aliphatic rings. The molecule has 1 aliphatic carbocycles. The first-order valence-electron chi connectivity index (χ1n) is 10.6. The van der Waals surface area contributed by atoms with Gasteiger partial charge < -0.3 is 4.43 Å². The summed E-state index contributed by atoms with van der Waals surface area (Å²) in [6.45, 7) is 15.1. The molecule has 0 saturated heterocycles. The Morgan fingerprint density at radius 1 is 1.00 bits per heavy atom. The molecule has 3 heteroatoms. The number of carbonyl (C=O) groups is 1. The second kappa shape index (κ2) is 8.41. The molecule has 0 bridgehead atoms. The van der Waals surface area contributed by atoms with Crippen LogP contribution in [0.2, 0.25) is 5.04 Å². The number of benzene rings is 2. The number of Topliss-reactive ketones (excluding diaryl/α,β-unsaturated/α-hetero) is 1. The van der Waals surface area contributed by atoms with Crippen molar-refractivity contribution in [3.05, 3.63) is 72.8 Å². The SMILES string of the molecule is C=C(C)[C@@H]1CC(=O)[C@@H](C)[C@@H](O[Si](c2ccccc2)(c2ccccc2)C(C)(C)C)C1. The number of carbonyl (C=O) groups excluding carboxylic acids is 1. The highest BCUT2D eigenvalue weighted by Gasteiger charge is 2.53. The molecule has 3 rings (SSSR count). The van der Waals surface area contributed by atoms with E-state index in [1.54, 1.807) is 0 Å². The average Bonchev–Trinajstić information content (AvgIpc) is 2.69. The molecule has 2 aromatic carbocycles. The average molecular weight is 407 g/mol. The van der Waals surface area contributed by atoms with E-state index < -0.39 is 8.32 Å². The third-order valence-corrected chi connectivity index (χ3v) is 11.5. The number of ketones is 1.